The highest BCUT2D eigenvalue weighted by Crippen LogP contribution is 2.19. The van der Waals surface area contributed by atoms with Crippen molar-refractivity contribution in [2.75, 3.05) is 18.5 Å². The van der Waals surface area contributed by atoms with Gasteiger partial charge in [0.2, 0.25) is 5.91 Å². The molecule has 0 radical (unpaired) electrons. The first kappa shape index (κ1) is 21.3. The van der Waals surface area contributed by atoms with Crippen LogP contribution in [0, 0.1) is 5.92 Å². The number of hydrogen-bond donors (Lipinski definition) is 2. The van der Waals surface area contributed by atoms with E-state index in [1.165, 1.54) is 0 Å². The zero-order valence-electron chi connectivity index (χ0n) is 16.8. The van der Waals surface area contributed by atoms with Crippen LogP contribution in [0.3, 0.4) is 0 Å². The third-order valence-electron chi connectivity index (χ3n) is 4.10. The van der Waals surface area contributed by atoms with E-state index in [-0.39, 0.29) is 17.7 Å². The maximum Gasteiger partial charge on any atom is 0.255 e. The molecule has 0 aliphatic heterocycles. The lowest BCUT2D eigenvalue weighted by molar-refractivity contribution is -0.118. The summed E-state index contributed by atoms with van der Waals surface area (Å²) in [5.74, 6) is 0.524. The fourth-order valence-corrected chi connectivity index (χ4v) is 2.71. The average molecular weight is 384 g/mol. The predicted octanol–water partition coefficient (Wildman–Crippen LogP) is 3.88. The van der Waals surface area contributed by atoms with Crippen molar-refractivity contribution in [3.63, 3.8) is 0 Å². The highest BCUT2D eigenvalue weighted by molar-refractivity contribution is 6.02. The van der Waals surface area contributed by atoms with E-state index in [0.717, 1.165) is 5.75 Å². The number of rotatable bonds is 9. The Morgan fingerprint density at radius 1 is 0.929 bits per heavy atom. The van der Waals surface area contributed by atoms with Crippen molar-refractivity contribution in [2.24, 2.45) is 5.92 Å². The number of para-hydroxylation sites is 1. The van der Waals surface area contributed by atoms with Gasteiger partial charge in [0, 0.05) is 5.69 Å². The average Bonchev–Trinajstić information content (AvgIpc) is 2.68. The normalized spacial score (nSPS) is 11.6. The van der Waals surface area contributed by atoms with Crippen LogP contribution in [0.4, 0.5) is 5.69 Å². The van der Waals surface area contributed by atoms with E-state index in [2.05, 4.69) is 10.6 Å². The molecule has 2 N–H and O–H groups in total. The molecule has 0 aliphatic carbocycles. The van der Waals surface area contributed by atoms with Crippen LogP contribution in [0.25, 0.3) is 0 Å². The zero-order chi connectivity index (χ0) is 20.5. The Balaban J connectivity index is 2.10. The van der Waals surface area contributed by atoms with Crippen molar-refractivity contribution in [3.05, 3.63) is 54.1 Å². The summed E-state index contributed by atoms with van der Waals surface area (Å²) in [6.45, 7) is 8.58. The van der Waals surface area contributed by atoms with Crippen molar-refractivity contribution in [1.29, 1.82) is 0 Å². The molecule has 1 atom stereocenters. The van der Waals surface area contributed by atoms with Gasteiger partial charge in [-0.25, -0.2) is 0 Å². The van der Waals surface area contributed by atoms with Gasteiger partial charge in [-0.2, -0.15) is 0 Å². The summed E-state index contributed by atoms with van der Waals surface area (Å²) in [5.41, 5.74) is 1.05. The van der Waals surface area contributed by atoms with Crippen LogP contribution in [0.2, 0.25) is 0 Å². The van der Waals surface area contributed by atoms with E-state index in [4.69, 9.17) is 9.47 Å². The summed E-state index contributed by atoms with van der Waals surface area (Å²) in [7, 11) is 0. The molecular weight excluding hydrogens is 356 g/mol. The van der Waals surface area contributed by atoms with Gasteiger partial charge in [0.25, 0.3) is 5.91 Å². The van der Waals surface area contributed by atoms with E-state index in [1.54, 1.807) is 48.5 Å². The molecule has 28 heavy (non-hydrogen) atoms. The van der Waals surface area contributed by atoms with Gasteiger partial charge < -0.3 is 20.1 Å². The third-order valence-corrected chi connectivity index (χ3v) is 4.10. The number of carbonyl (C=O) groups is 2. The Morgan fingerprint density at radius 3 is 2.18 bits per heavy atom. The lowest BCUT2D eigenvalue weighted by Gasteiger charge is -2.22. The molecule has 150 valence electrons. The zero-order valence-corrected chi connectivity index (χ0v) is 16.8. The van der Waals surface area contributed by atoms with Gasteiger partial charge in [0.1, 0.15) is 17.5 Å². The molecule has 0 saturated carbocycles. The molecule has 6 nitrogen and oxygen atoms in total. The summed E-state index contributed by atoms with van der Waals surface area (Å²) in [5, 5.41) is 5.68. The molecular formula is C22H28N2O4. The Morgan fingerprint density at radius 2 is 1.57 bits per heavy atom. The number of hydrogen-bond acceptors (Lipinski definition) is 4. The Bertz CT molecular complexity index is 787. The molecule has 0 fully saturated rings. The molecule has 2 rings (SSSR count). The van der Waals surface area contributed by atoms with Gasteiger partial charge in [-0.05, 0) is 56.2 Å². The predicted molar refractivity (Wildman–Crippen MR) is 110 cm³/mol. The van der Waals surface area contributed by atoms with Gasteiger partial charge in [-0.1, -0.05) is 26.0 Å². The minimum Gasteiger partial charge on any atom is -0.494 e. The van der Waals surface area contributed by atoms with Crippen molar-refractivity contribution < 1.29 is 19.1 Å². The van der Waals surface area contributed by atoms with Crippen LogP contribution < -0.4 is 20.1 Å². The number of amides is 2. The Kier molecular flexibility index (Phi) is 7.87. The lowest BCUT2D eigenvalue weighted by atomic mass is 10.0. The lowest BCUT2D eigenvalue weighted by Crippen LogP contribution is -2.47. The van der Waals surface area contributed by atoms with Crippen LogP contribution in [0.15, 0.2) is 48.5 Å². The minimum atomic E-state index is -0.686. The van der Waals surface area contributed by atoms with Crippen molar-refractivity contribution in [3.8, 4) is 11.5 Å². The number of anilines is 1. The standard InChI is InChI=1S/C22H28N2O4/c1-5-27-17-13-11-16(12-14-17)23-22(26)20(15(3)4)24-21(25)18-9-7-8-10-19(18)28-6-2/h7-15,20H,5-6H2,1-4H3,(H,23,26)(H,24,25)/t20-/m0/s1. The van der Waals surface area contributed by atoms with Crippen LogP contribution in [-0.2, 0) is 4.79 Å². The van der Waals surface area contributed by atoms with Gasteiger partial charge >= 0.3 is 0 Å². The molecule has 0 bridgehead atoms. The first-order chi connectivity index (χ1) is 13.5. The molecule has 2 amide bonds. The molecule has 0 unspecified atom stereocenters. The highest BCUT2D eigenvalue weighted by atomic mass is 16.5. The van der Waals surface area contributed by atoms with Gasteiger partial charge in [0.05, 0.1) is 18.8 Å². The second-order valence-corrected chi connectivity index (χ2v) is 6.57. The van der Waals surface area contributed by atoms with Gasteiger partial charge in [-0.3, -0.25) is 9.59 Å². The number of ether oxygens (including phenoxy) is 2. The molecule has 2 aromatic carbocycles. The van der Waals surface area contributed by atoms with Gasteiger partial charge in [0.15, 0.2) is 0 Å². The summed E-state index contributed by atoms with van der Waals surface area (Å²) >= 11 is 0. The molecule has 6 heteroatoms. The van der Waals surface area contributed by atoms with E-state index in [9.17, 15) is 9.59 Å². The van der Waals surface area contributed by atoms with E-state index in [0.29, 0.717) is 30.2 Å². The smallest absolute Gasteiger partial charge is 0.255 e. The fraction of sp³-hybridized carbons (Fsp3) is 0.364. The fourth-order valence-electron chi connectivity index (χ4n) is 2.71. The number of nitrogens with one attached hydrogen (secondary N) is 2. The highest BCUT2D eigenvalue weighted by Gasteiger charge is 2.26. The van der Waals surface area contributed by atoms with Crippen LogP contribution in [0.1, 0.15) is 38.1 Å². The SMILES string of the molecule is CCOc1ccc(NC(=O)[C@@H](NC(=O)c2ccccc2OCC)C(C)C)cc1. The van der Waals surface area contributed by atoms with Crippen molar-refractivity contribution in [1.82, 2.24) is 5.32 Å². The summed E-state index contributed by atoms with van der Waals surface area (Å²) in [6, 6.07) is 13.4. The van der Waals surface area contributed by atoms with Crippen LogP contribution in [0.5, 0.6) is 11.5 Å². The molecule has 2 aromatic rings. The third kappa shape index (κ3) is 5.74. The topological polar surface area (TPSA) is 76.7 Å². The largest absolute Gasteiger partial charge is 0.494 e. The van der Waals surface area contributed by atoms with Crippen molar-refractivity contribution in [2.45, 2.75) is 33.7 Å². The van der Waals surface area contributed by atoms with Gasteiger partial charge in [-0.15, -0.1) is 0 Å². The van der Waals surface area contributed by atoms with E-state index in [1.807, 2.05) is 27.7 Å². The Hall–Kier alpha value is -3.02. The van der Waals surface area contributed by atoms with Crippen LogP contribution in [-0.4, -0.2) is 31.1 Å². The minimum absolute atomic E-state index is 0.0918. The molecule has 0 saturated heterocycles. The summed E-state index contributed by atoms with van der Waals surface area (Å²) in [6.07, 6.45) is 0. The maximum atomic E-state index is 12.8. The van der Waals surface area contributed by atoms with E-state index < -0.39 is 6.04 Å². The van der Waals surface area contributed by atoms with Crippen LogP contribution >= 0.6 is 0 Å². The monoisotopic (exact) mass is 384 g/mol. The number of benzene rings is 2. The second-order valence-electron chi connectivity index (χ2n) is 6.57. The quantitative estimate of drug-likeness (QED) is 0.688. The number of carbonyl (C=O) groups excluding carboxylic acids is 2. The molecule has 0 spiro atoms. The first-order valence-electron chi connectivity index (χ1n) is 9.52. The molecule has 0 aromatic heterocycles. The molecule has 0 aliphatic rings. The summed E-state index contributed by atoms with van der Waals surface area (Å²) < 4.78 is 10.9. The molecule has 0 heterocycles. The van der Waals surface area contributed by atoms with E-state index >= 15 is 0 Å². The second kappa shape index (κ2) is 10.3. The first-order valence-corrected chi connectivity index (χ1v) is 9.52. The maximum absolute atomic E-state index is 12.8. The van der Waals surface area contributed by atoms with Crippen molar-refractivity contribution >= 4 is 17.5 Å². The Labute approximate surface area is 166 Å². The summed E-state index contributed by atoms with van der Waals surface area (Å²) in [4.78, 5) is 25.5.